The summed E-state index contributed by atoms with van der Waals surface area (Å²) in [6, 6.07) is 3.07. The molecule has 6 heteroatoms. The molecular weight excluding hydrogens is 366 g/mol. The molecule has 0 aliphatic carbocycles. The fourth-order valence-electron chi connectivity index (χ4n) is 5.95. The monoisotopic (exact) mass is 399 g/mol. The molecule has 28 heavy (non-hydrogen) atoms. The summed E-state index contributed by atoms with van der Waals surface area (Å²) in [6.45, 7) is 14.4. The van der Waals surface area contributed by atoms with Crippen LogP contribution in [0, 0.1) is 17.3 Å². The van der Waals surface area contributed by atoms with Crippen molar-refractivity contribution in [3.63, 3.8) is 0 Å². The summed E-state index contributed by atoms with van der Waals surface area (Å²) in [4.78, 5) is 19.6. The van der Waals surface area contributed by atoms with E-state index in [0.29, 0.717) is 5.41 Å². The molecule has 0 amide bonds. The Labute approximate surface area is 172 Å². The first-order valence-electron chi connectivity index (χ1n) is 10.9. The molecule has 2 aromatic heterocycles. The second kappa shape index (κ2) is 6.92. The lowest BCUT2D eigenvalue weighted by molar-refractivity contribution is -0.0776. The van der Waals surface area contributed by atoms with Crippen molar-refractivity contribution < 1.29 is 0 Å². The summed E-state index contributed by atoms with van der Waals surface area (Å²) in [5.74, 6) is 2.77. The minimum atomic E-state index is 0.476. The molecule has 1 spiro atoms. The summed E-state index contributed by atoms with van der Waals surface area (Å²) in [7, 11) is 2.25. The van der Waals surface area contributed by atoms with Gasteiger partial charge in [0.1, 0.15) is 17.0 Å². The number of likely N-dealkylation sites (tertiary alicyclic amines) is 2. The Balaban J connectivity index is 1.29. The largest absolute Gasteiger partial charge is 0.355 e. The number of aryl methyl sites for hydroxylation is 1. The molecule has 152 valence electrons. The minimum Gasteiger partial charge on any atom is -0.355 e. The highest BCUT2D eigenvalue weighted by Crippen LogP contribution is 2.45. The van der Waals surface area contributed by atoms with Gasteiger partial charge in [-0.2, -0.15) is 0 Å². The van der Waals surface area contributed by atoms with E-state index in [9.17, 15) is 0 Å². The molecule has 3 aliphatic rings. The minimum absolute atomic E-state index is 0.476. The molecule has 5 nitrogen and oxygen atoms in total. The molecule has 5 heterocycles. The Bertz CT molecular complexity index is 850. The van der Waals surface area contributed by atoms with Gasteiger partial charge in [0.2, 0.25) is 0 Å². The lowest BCUT2D eigenvalue weighted by Gasteiger charge is -2.57. The molecule has 5 rings (SSSR count). The average Bonchev–Trinajstić information content (AvgIpc) is 3.23. The SMILES string of the molecule is CCc1cc2c(N3CCC4(C3)CN([C@H](C(C)C)C3CN(C)C3)C4)ncnc2s1. The third-order valence-electron chi connectivity index (χ3n) is 7.20. The first-order valence-corrected chi connectivity index (χ1v) is 11.7. The molecule has 3 saturated heterocycles. The first-order chi connectivity index (χ1) is 13.5. The molecule has 0 radical (unpaired) electrons. The van der Waals surface area contributed by atoms with Crippen LogP contribution in [0.5, 0.6) is 0 Å². The predicted molar refractivity (Wildman–Crippen MR) is 117 cm³/mol. The van der Waals surface area contributed by atoms with E-state index in [4.69, 9.17) is 4.98 Å². The van der Waals surface area contributed by atoms with E-state index in [2.05, 4.69) is 53.6 Å². The van der Waals surface area contributed by atoms with E-state index in [0.717, 1.165) is 48.0 Å². The Hall–Kier alpha value is -1.24. The summed E-state index contributed by atoms with van der Waals surface area (Å²) in [5.41, 5.74) is 0.476. The van der Waals surface area contributed by atoms with Gasteiger partial charge in [0.05, 0.1) is 5.39 Å². The Kier molecular flexibility index (Phi) is 4.64. The molecular formula is C22H33N5S. The molecule has 2 aromatic rings. The quantitative estimate of drug-likeness (QED) is 0.770. The van der Waals surface area contributed by atoms with Gasteiger partial charge < -0.3 is 9.80 Å². The number of fused-ring (bicyclic) bond motifs is 1. The van der Waals surface area contributed by atoms with E-state index in [1.54, 1.807) is 6.33 Å². The van der Waals surface area contributed by atoms with Crippen LogP contribution in [0.4, 0.5) is 5.82 Å². The maximum atomic E-state index is 4.70. The molecule has 3 aliphatic heterocycles. The second-order valence-corrected chi connectivity index (χ2v) is 10.9. The van der Waals surface area contributed by atoms with Gasteiger partial charge in [0.15, 0.2) is 0 Å². The van der Waals surface area contributed by atoms with E-state index in [-0.39, 0.29) is 0 Å². The first kappa shape index (κ1) is 18.8. The molecule has 3 fully saturated rings. The summed E-state index contributed by atoms with van der Waals surface area (Å²) in [5, 5.41) is 1.26. The van der Waals surface area contributed by atoms with E-state index in [1.165, 1.54) is 42.9 Å². The molecule has 1 atom stereocenters. The van der Waals surface area contributed by atoms with Crippen LogP contribution in [-0.2, 0) is 6.42 Å². The lowest BCUT2D eigenvalue weighted by Crippen LogP contribution is -2.67. The van der Waals surface area contributed by atoms with Crippen molar-refractivity contribution in [1.29, 1.82) is 0 Å². The third kappa shape index (κ3) is 3.04. The smallest absolute Gasteiger partial charge is 0.140 e. The maximum absolute atomic E-state index is 4.70. The van der Waals surface area contributed by atoms with Gasteiger partial charge in [-0.15, -0.1) is 11.3 Å². The number of anilines is 1. The van der Waals surface area contributed by atoms with Crippen molar-refractivity contribution in [1.82, 2.24) is 19.8 Å². The van der Waals surface area contributed by atoms with Crippen LogP contribution in [0.2, 0.25) is 0 Å². The maximum Gasteiger partial charge on any atom is 0.140 e. The number of hydrogen-bond donors (Lipinski definition) is 0. The van der Waals surface area contributed by atoms with Gasteiger partial charge in [-0.3, -0.25) is 4.90 Å². The van der Waals surface area contributed by atoms with Crippen molar-refractivity contribution in [3.8, 4) is 0 Å². The van der Waals surface area contributed by atoms with Crippen LogP contribution >= 0.6 is 11.3 Å². The number of rotatable bonds is 5. The molecule has 0 unspecified atom stereocenters. The van der Waals surface area contributed by atoms with Gasteiger partial charge in [0.25, 0.3) is 0 Å². The van der Waals surface area contributed by atoms with Crippen molar-refractivity contribution >= 4 is 27.4 Å². The number of nitrogens with zero attached hydrogens (tertiary/aromatic N) is 5. The van der Waals surface area contributed by atoms with Gasteiger partial charge >= 0.3 is 0 Å². The molecule has 0 bridgehead atoms. The zero-order chi connectivity index (χ0) is 19.5. The van der Waals surface area contributed by atoms with Gasteiger partial charge in [-0.1, -0.05) is 20.8 Å². The van der Waals surface area contributed by atoms with Crippen molar-refractivity contribution in [2.45, 2.75) is 39.7 Å². The normalized spacial score (nSPS) is 24.2. The highest BCUT2D eigenvalue weighted by Gasteiger charge is 2.52. The fourth-order valence-corrected chi connectivity index (χ4v) is 6.88. The van der Waals surface area contributed by atoms with Gasteiger partial charge in [-0.25, -0.2) is 9.97 Å². The van der Waals surface area contributed by atoms with Crippen molar-refractivity contribution in [3.05, 3.63) is 17.3 Å². The van der Waals surface area contributed by atoms with Crippen LogP contribution in [0.3, 0.4) is 0 Å². The van der Waals surface area contributed by atoms with E-state index >= 15 is 0 Å². The standard InChI is InChI=1S/C22H33N5S/c1-5-17-8-18-20(23-14-24-21(18)28-17)26-7-6-22(11-26)12-27(13-22)19(15(2)3)16-9-25(4)10-16/h8,14-16,19H,5-7,9-13H2,1-4H3/t19-/m1/s1. The zero-order valence-corrected chi connectivity index (χ0v) is 18.5. The Morgan fingerprint density at radius 2 is 2.00 bits per heavy atom. The zero-order valence-electron chi connectivity index (χ0n) is 17.7. The molecule has 0 aromatic carbocycles. The number of hydrogen-bond acceptors (Lipinski definition) is 6. The summed E-state index contributed by atoms with van der Waals surface area (Å²) >= 11 is 1.82. The second-order valence-electron chi connectivity index (χ2n) is 9.77. The average molecular weight is 400 g/mol. The Morgan fingerprint density at radius 1 is 1.21 bits per heavy atom. The summed E-state index contributed by atoms with van der Waals surface area (Å²) in [6.07, 6.45) is 4.13. The van der Waals surface area contributed by atoms with Gasteiger partial charge in [-0.05, 0) is 31.9 Å². The number of thiophene rings is 1. The van der Waals surface area contributed by atoms with Crippen LogP contribution in [0.1, 0.15) is 32.1 Å². The predicted octanol–water partition coefficient (Wildman–Crippen LogP) is 3.35. The van der Waals surface area contributed by atoms with E-state index in [1.807, 2.05) is 11.3 Å². The molecule has 0 saturated carbocycles. The number of aromatic nitrogens is 2. The van der Waals surface area contributed by atoms with E-state index < -0.39 is 0 Å². The summed E-state index contributed by atoms with van der Waals surface area (Å²) < 4.78 is 0. The molecule has 0 N–H and O–H groups in total. The lowest BCUT2D eigenvalue weighted by atomic mass is 9.74. The van der Waals surface area contributed by atoms with Crippen LogP contribution in [-0.4, -0.2) is 72.1 Å². The highest BCUT2D eigenvalue weighted by atomic mass is 32.1. The highest BCUT2D eigenvalue weighted by molar-refractivity contribution is 7.18. The topological polar surface area (TPSA) is 35.5 Å². The third-order valence-corrected chi connectivity index (χ3v) is 8.39. The van der Waals surface area contributed by atoms with Crippen molar-refractivity contribution in [2.75, 3.05) is 51.2 Å². The Morgan fingerprint density at radius 3 is 2.68 bits per heavy atom. The van der Waals surface area contributed by atoms with Crippen molar-refractivity contribution in [2.24, 2.45) is 17.3 Å². The fraction of sp³-hybridized carbons (Fsp3) is 0.727. The van der Waals surface area contributed by atoms with Gasteiger partial charge in [0, 0.05) is 61.5 Å². The van der Waals surface area contributed by atoms with Crippen LogP contribution in [0.25, 0.3) is 10.2 Å². The van der Waals surface area contributed by atoms with Crippen LogP contribution < -0.4 is 4.90 Å². The van der Waals surface area contributed by atoms with Crippen LogP contribution in [0.15, 0.2) is 12.4 Å².